The summed E-state index contributed by atoms with van der Waals surface area (Å²) in [5, 5.41) is 8.88. The zero-order valence-electron chi connectivity index (χ0n) is 5.88. The van der Waals surface area contributed by atoms with Crippen molar-refractivity contribution in [2.24, 2.45) is 0 Å². The van der Waals surface area contributed by atoms with Crippen LogP contribution in [0.1, 0.15) is 17.7 Å². The molecule has 1 N–H and O–H groups in total. The van der Waals surface area contributed by atoms with Crippen LogP contribution < -0.4 is 0 Å². The molecular formula is C8H11NO. The first-order valence-electron chi connectivity index (χ1n) is 3.69. The number of hydrogen-bond acceptors (Lipinski definition) is 1. The summed E-state index contributed by atoms with van der Waals surface area (Å²) in [6, 6.07) is 2.01. The largest absolute Gasteiger partial charge is 0.392 e. The lowest BCUT2D eigenvalue weighted by Crippen LogP contribution is -1.90. The molecule has 2 heteroatoms. The van der Waals surface area contributed by atoms with E-state index in [0.29, 0.717) is 0 Å². The summed E-state index contributed by atoms with van der Waals surface area (Å²) in [6.07, 6.45) is 4.44. The molecule has 54 valence electrons. The van der Waals surface area contributed by atoms with Crippen molar-refractivity contribution in [2.75, 3.05) is 0 Å². The number of nitrogens with zero attached hydrogens (tertiary/aromatic N) is 1. The van der Waals surface area contributed by atoms with E-state index in [-0.39, 0.29) is 6.61 Å². The van der Waals surface area contributed by atoms with Gasteiger partial charge < -0.3 is 9.67 Å². The molecule has 1 aliphatic heterocycles. The van der Waals surface area contributed by atoms with Crippen LogP contribution in [0.15, 0.2) is 12.3 Å². The minimum absolute atomic E-state index is 0.197. The van der Waals surface area contributed by atoms with Gasteiger partial charge in [-0.2, -0.15) is 0 Å². The van der Waals surface area contributed by atoms with Gasteiger partial charge in [0.15, 0.2) is 0 Å². The molecule has 0 saturated carbocycles. The summed E-state index contributed by atoms with van der Waals surface area (Å²) < 4.78 is 2.23. The number of fused-ring (bicyclic) bond motifs is 1. The first-order valence-corrected chi connectivity index (χ1v) is 3.69. The molecule has 0 fully saturated rings. The molecule has 0 aliphatic carbocycles. The van der Waals surface area contributed by atoms with Gasteiger partial charge in [-0.25, -0.2) is 0 Å². The van der Waals surface area contributed by atoms with Gasteiger partial charge in [0.1, 0.15) is 0 Å². The molecule has 0 atom stereocenters. The fourth-order valence-corrected chi connectivity index (χ4v) is 1.63. The summed E-state index contributed by atoms with van der Waals surface area (Å²) in [5.41, 5.74) is 2.44. The van der Waals surface area contributed by atoms with Crippen molar-refractivity contribution in [1.29, 1.82) is 0 Å². The van der Waals surface area contributed by atoms with E-state index in [2.05, 4.69) is 10.8 Å². The average molecular weight is 137 g/mol. The molecular weight excluding hydrogens is 126 g/mol. The Morgan fingerprint density at radius 3 is 3.30 bits per heavy atom. The molecule has 2 heterocycles. The van der Waals surface area contributed by atoms with Crippen molar-refractivity contribution in [2.45, 2.75) is 26.0 Å². The highest BCUT2D eigenvalue weighted by atomic mass is 16.3. The second-order valence-corrected chi connectivity index (χ2v) is 2.74. The molecule has 0 saturated heterocycles. The Bertz CT molecular complexity index is 239. The smallest absolute Gasteiger partial charge is 0.0699 e. The van der Waals surface area contributed by atoms with E-state index in [1.165, 1.54) is 12.1 Å². The van der Waals surface area contributed by atoms with Gasteiger partial charge in [0.25, 0.3) is 0 Å². The summed E-state index contributed by atoms with van der Waals surface area (Å²) in [5.74, 6) is 0. The van der Waals surface area contributed by atoms with E-state index < -0.39 is 0 Å². The highest BCUT2D eigenvalue weighted by Gasteiger charge is 2.12. The Kier molecular flexibility index (Phi) is 1.27. The van der Waals surface area contributed by atoms with Crippen molar-refractivity contribution in [3.8, 4) is 0 Å². The van der Waals surface area contributed by atoms with Crippen LogP contribution in [0.2, 0.25) is 0 Å². The normalized spacial score (nSPS) is 15.7. The topological polar surface area (TPSA) is 25.2 Å². The maximum Gasteiger partial charge on any atom is 0.0699 e. The van der Waals surface area contributed by atoms with Crippen molar-refractivity contribution in [3.63, 3.8) is 0 Å². The maximum atomic E-state index is 8.88. The lowest BCUT2D eigenvalue weighted by Gasteiger charge is -1.95. The molecule has 0 amide bonds. The van der Waals surface area contributed by atoms with Crippen LogP contribution in [0, 0.1) is 0 Å². The van der Waals surface area contributed by atoms with Crippen LogP contribution in [-0.2, 0) is 19.6 Å². The van der Waals surface area contributed by atoms with E-state index in [4.69, 9.17) is 5.11 Å². The Balaban J connectivity index is 2.44. The van der Waals surface area contributed by atoms with Gasteiger partial charge >= 0.3 is 0 Å². The minimum atomic E-state index is 0.197. The summed E-state index contributed by atoms with van der Waals surface area (Å²) in [4.78, 5) is 0. The van der Waals surface area contributed by atoms with Gasteiger partial charge in [0.05, 0.1) is 6.61 Å². The molecule has 1 aromatic heterocycles. The molecule has 2 nitrogen and oxygen atoms in total. The number of aryl methyl sites for hydroxylation is 1. The first-order chi connectivity index (χ1) is 4.92. The molecule has 1 aromatic rings. The van der Waals surface area contributed by atoms with Crippen LogP contribution >= 0.6 is 0 Å². The predicted octanol–water partition coefficient (Wildman–Crippen LogP) is 0.927. The highest BCUT2D eigenvalue weighted by molar-refractivity contribution is 5.23. The maximum absolute atomic E-state index is 8.88. The van der Waals surface area contributed by atoms with E-state index in [0.717, 1.165) is 18.5 Å². The Hall–Kier alpha value is -0.760. The van der Waals surface area contributed by atoms with Crippen LogP contribution in [-0.4, -0.2) is 9.67 Å². The zero-order valence-corrected chi connectivity index (χ0v) is 5.88. The number of aliphatic hydroxyl groups is 1. The van der Waals surface area contributed by atoms with Gasteiger partial charge in [-0.3, -0.25) is 0 Å². The highest BCUT2D eigenvalue weighted by Crippen LogP contribution is 2.19. The molecule has 0 bridgehead atoms. The van der Waals surface area contributed by atoms with Crippen LogP contribution in [0.5, 0.6) is 0 Å². The molecule has 0 spiro atoms. The van der Waals surface area contributed by atoms with E-state index in [1.54, 1.807) is 0 Å². The van der Waals surface area contributed by atoms with Gasteiger partial charge in [-0.05, 0) is 24.5 Å². The van der Waals surface area contributed by atoms with Gasteiger partial charge in [0, 0.05) is 18.4 Å². The van der Waals surface area contributed by atoms with E-state index in [1.807, 2.05) is 6.07 Å². The predicted molar refractivity (Wildman–Crippen MR) is 38.7 cm³/mol. The van der Waals surface area contributed by atoms with E-state index in [9.17, 15) is 0 Å². The lowest BCUT2D eigenvalue weighted by atomic mass is 10.2. The van der Waals surface area contributed by atoms with Crippen LogP contribution in [0.25, 0.3) is 0 Å². The Morgan fingerprint density at radius 2 is 2.50 bits per heavy atom. The molecule has 0 unspecified atom stereocenters. The van der Waals surface area contributed by atoms with Crippen molar-refractivity contribution in [3.05, 3.63) is 23.5 Å². The van der Waals surface area contributed by atoms with Crippen molar-refractivity contribution >= 4 is 0 Å². The van der Waals surface area contributed by atoms with Crippen molar-refractivity contribution in [1.82, 2.24) is 4.57 Å². The second-order valence-electron chi connectivity index (χ2n) is 2.74. The Morgan fingerprint density at radius 1 is 1.60 bits per heavy atom. The lowest BCUT2D eigenvalue weighted by molar-refractivity contribution is 0.281. The fraction of sp³-hybridized carbons (Fsp3) is 0.500. The van der Waals surface area contributed by atoms with Gasteiger partial charge in [-0.1, -0.05) is 0 Å². The third kappa shape index (κ3) is 0.688. The molecule has 2 rings (SSSR count). The fourth-order valence-electron chi connectivity index (χ4n) is 1.63. The van der Waals surface area contributed by atoms with Crippen LogP contribution in [0.3, 0.4) is 0 Å². The summed E-state index contributed by atoms with van der Waals surface area (Å²) in [7, 11) is 0. The van der Waals surface area contributed by atoms with Crippen LogP contribution in [0.4, 0.5) is 0 Å². The molecule has 0 aromatic carbocycles. The molecule has 10 heavy (non-hydrogen) atoms. The Labute approximate surface area is 60.1 Å². The standard InChI is InChI=1S/C8H11NO/c10-6-7-3-5-9-4-1-2-8(7)9/h3,5,10H,1-2,4,6H2. The first kappa shape index (κ1) is 5.98. The monoisotopic (exact) mass is 137 g/mol. The summed E-state index contributed by atoms with van der Waals surface area (Å²) in [6.45, 7) is 1.33. The molecule has 0 radical (unpaired) electrons. The average Bonchev–Trinajstić information content (AvgIpc) is 2.44. The number of rotatable bonds is 1. The van der Waals surface area contributed by atoms with Crippen molar-refractivity contribution < 1.29 is 5.11 Å². The summed E-state index contributed by atoms with van der Waals surface area (Å²) >= 11 is 0. The SMILES string of the molecule is OCc1ccn2c1CCC2. The number of aromatic nitrogens is 1. The minimum Gasteiger partial charge on any atom is -0.392 e. The second kappa shape index (κ2) is 2.13. The zero-order chi connectivity index (χ0) is 6.97. The molecule has 1 aliphatic rings. The quantitative estimate of drug-likeness (QED) is 0.612. The van der Waals surface area contributed by atoms with Gasteiger partial charge in [-0.15, -0.1) is 0 Å². The third-order valence-corrected chi connectivity index (χ3v) is 2.16. The van der Waals surface area contributed by atoms with Gasteiger partial charge in [0.2, 0.25) is 0 Å². The van der Waals surface area contributed by atoms with E-state index >= 15 is 0 Å². The third-order valence-electron chi connectivity index (χ3n) is 2.16. The number of aliphatic hydroxyl groups excluding tert-OH is 1. The number of hydrogen-bond donors (Lipinski definition) is 1.